The molecule has 0 radical (unpaired) electrons. The van der Waals surface area contributed by atoms with Gasteiger partial charge in [-0.1, -0.05) is 35.9 Å². The highest BCUT2D eigenvalue weighted by Crippen LogP contribution is 2.26. The zero-order valence-corrected chi connectivity index (χ0v) is 17.3. The lowest BCUT2D eigenvalue weighted by molar-refractivity contribution is -0.137. The molecule has 4 nitrogen and oxygen atoms in total. The lowest BCUT2D eigenvalue weighted by Crippen LogP contribution is -2.51. The predicted octanol–water partition coefficient (Wildman–Crippen LogP) is 4.04. The number of likely N-dealkylation sites (tertiary alicyclic amines) is 1. The van der Waals surface area contributed by atoms with Gasteiger partial charge in [0.2, 0.25) is 5.91 Å². The van der Waals surface area contributed by atoms with Crippen molar-refractivity contribution in [3.8, 4) is 0 Å². The first-order valence-corrected chi connectivity index (χ1v) is 10.7. The Hall–Kier alpha value is -2.11. The van der Waals surface area contributed by atoms with Crippen molar-refractivity contribution in [2.24, 2.45) is 5.92 Å². The molecule has 2 aliphatic rings. The summed E-state index contributed by atoms with van der Waals surface area (Å²) in [6.07, 6.45) is 1.65. The molecule has 0 spiro atoms. The summed E-state index contributed by atoms with van der Waals surface area (Å²) in [6.45, 7) is 5.40. The first-order chi connectivity index (χ1) is 14.1. The lowest BCUT2D eigenvalue weighted by atomic mass is 9.94. The third-order valence-corrected chi connectivity index (χ3v) is 6.45. The fourth-order valence-electron chi connectivity index (χ4n) is 4.33. The van der Waals surface area contributed by atoms with E-state index in [1.165, 1.54) is 11.8 Å². The molecule has 2 heterocycles. The Kier molecular flexibility index (Phi) is 6.36. The quantitative estimate of drug-likeness (QED) is 0.754. The molecule has 0 bridgehead atoms. The number of para-hydroxylation sites is 1. The maximum Gasteiger partial charge on any atom is 0.225 e. The fraction of sp³-hybridized carbons (Fsp3) is 0.435. The van der Waals surface area contributed by atoms with Crippen LogP contribution in [0.5, 0.6) is 0 Å². The summed E-state index contributed by atoms with van der Waals surface area (Å²) in [5.74, 6) is 0.0962. The summed E-state index contributed by atoms with van der Waals surface area (Å²) in [5, 5.41) is 0.472. The number of carbonyl (C=O) groups is 1. The van der Waals surface area contributed by atoms with E-state index in [-0.39, 0.29) is 17.6 Å². The predicted molar refractivity (Wildman–Crippen MR) is 115 cm³/mol. The molecular weight excluding hydrogens is 389 g/mol. The summed E-state index contributed by atoms with van der Waals surface area (Å²) in [6, 6.07) is 15.2. The zero-order valence-electron chi connectivity index (χ0n) is 16.6. The van der Waals surface area contributed by atoms with Crippen molar-refractivity contribution >= 4 is 23.2 Å². The van der Waals surface area contributed by atoms with Crippen LogP contribution >= 0.6 is 11.6 Å². The minimum atomic E-state index is -0.257. The first kappa shape index (κ1) is 20.2. The summed E-state index contributed by atoms with van der Waals surface area (Å²) in [4.78, 5) is 19.5. The van der Waals surface area contributed by atoms with Crippen LogP contribution in [-0.2, 0) is 11.3 Å². The standard InChI is InChI=1S/C23H27ClFN3O/c24-21-7-4-8-22(25)20(21)17-26-11-9-18(10-12-26)23(29)28-15-13-27(14-16-28)19-5-2-1-3-6-19/h1-8,18H,9-17H2. The molecule has 2 aromatic rings. The second kappa shape index (κ2) is 9.14. The Labute approximate surface area is 176 Å². The number of carbonyl (C=O) groups excluding carboxylic acids is 1. The number of nitrogens with zero attached hydrogens (tertiary/aromatic N) is 3. The number of rotatable bonds is 4. The van der Waals surface area contributed by atoms with E-state index in [2.05, 4.69) is 34.1 Å². The van der Waals surface area contributed by atoms with Gasteiger partial charge in [0, 0.05) is 54.9 Å². The molecule has 4 rings (SSSR count). The molecule has 0 N–H and O–H groups in total. The Bertz CT molecular complexity index is 811. The molecule has 2 aliphatic heterocycles. The van der Waals surface area contributed by atoms with Crippen molar-refractivity contribution in [1.82, 2.24) is 9.80 Å². The van der Waals surface area contributed by atoms with Crippen LogP contribution in [0.25, 0.3) is 0 Å². The van der Waals surface area contributed by atoms with Crippen molar-refractivity contribution in [2.75, 3.05) is 44.2 Å². The van der Waals surface area contributed by atoms with E-state index in [0.717, 1.165) is 52.1 Å². The minimum Gasteiger partial charge on any atom is -0.368 e. The van der Waals surface area contributed by atoms with Gasteiger partial charge in [0.05, 0.1) is 0 Å². The zero-order chi connectivity index (χ0) is 20.2. The number of halogens is 2. The summed E-state index contributed by atoms with van der Waals surface area (Å²) in [7, 11) is 0. The topological polar surface area (TPSA) is 26.8 Å². The number of piperidine rings is 1. The highest BCUT2D eigenvalue weighted by molar-refractivity contribution is 6.31. The van der Waals surface area contributed by atoms with Gasteiger partial charge in [-0.05, 0) is 50.2 Å². The Balaban J connectivity index is 1.26. The monoisotopic (exact) mass is 415 g/mol. The number of amides is 1. The second-order valence-corrected chi connectivity index (χ2v) is 8.31. The Morgan fingerprint density at radius 2 is 1.62 bits per heavy atom. The van der Waals surface area contributed by atoms with Crippen molar-refractivity contribution < 1.29 is 9.18 Å². The molecule has 2 saturated heterocycles. The van der Waals surface area contributed by atoms with E-state index in [4.69, 9.17) is 11.6 Å². The third kappa shape index (κ3) is 4.73. The maximum absolute atomic E-state index is 14.0. The van der Waals surface area contributed by atoms with Crippen molar-refractivity contribution in [1.29, 1.82) is 0 Å². The van der Waals surface area contributed by atoms with Gasteiger partial charge in [0.15, 0.2) is 0 Å². The first-order valence-electron chi connectivity index (χ1n) is 10.4. The van der Waals surface area contributed by atoms with Crippen LogP contribution in [0.1, 0.15) is 18.4 Å². The van der Waals surface area contributed by atoms with E-state index in [0.29, 0.717) is 17.1 Å². The van der Waals surface area contributed by atoms with Gasteiger partial charge in [-0.3, -0.25) is 9.69 Å². The third-order valence-electron chi connectivity index (χ3n) is 6.09. The summed E-state index contributed by atoms with van der Waals surface area (Å²) >= 11 is 6.15. The highest BCUT2D eigenvalue weighted by atomic mass is 35.5. The van der Waals surface area contributed by atoms with E-state index in [1.807, 2.05) is 11.0 Å². The van der Waals surface area contributed by atoms with E-state index >= 15 is 0 Å². The molecule has 154 valence electrons. The largest absolute Gasteiger partial charge is 0.368 e. The van der Waals surface area contributed by atoms with E-state index in [9.17, 15) is 9.18 Å². The van der Waals surface area contributed by atoms with E-state index < -0.39 is 0 Å². The normalized spacial score (nSPS) is 18.8. The van der Waals surface area contributed by atoms with Gasteiger partial charge < -0.3 is 9.80 Å². The molecule has 2 aromatic carbocycles. The highest BCUT2D eigenvalue weighted by Gasteiger charge is 2.30. The molecule has 0 aromatic heterocycles. The van der Waals surface area contributed by atoms with Crippen LogP contribution in [0.15, 0.2) is 48.5 Å². The summed E-state index contributed by atoms with van der Waals surface area (Å²) < 4.78 is 14.0. The van der Waals surface area contributed by atoms with Crippen LogP contribution in [0.3, 0.4) is 0 Å². The molecule has 0 unspecified atom stereocenters. The number of hydrogen-bond donors (Lipinski definition) is 0. The van der Waals surface area contributed by atoms with E-state index in [1.54, 1.807) is 12.1 Å². The van der Waals surface area contributed by atoms with Crippen LogP contribution in [0, 0.1) is 11.7 Å². The average molecular weight is 416 g/mol. The van der Waals surface area contributed by atoms with Gasteiger partial charge in [0.1, 0.15) is 5.82 Å². The van der Waals surface area contributed by atoms with Gasteiger partial charge in [-0.25, -0.2) is 4.39 Å². The van der Waals surface area contributed by atoms with Gasteiger partial charge in [-0.15, -0.1) is 0 Å². The Morgan fingerprint density at radius 3 is 2.28 bits per heavy atom. The van der Waals surface area contributed by atoms with Crippen molar-refractivity contribution in [3.05, 3.63) is 64.9 Å². The number of benzene rings is 2. The van der Waals surface area contributed by atoms with Gasteiger partial charge >= 0.3 is 0 Å². The molecule has 6 heteroatoms. The molecule has 0 aliphatic carbocycles. The lowest BCUT2D eigenvalue weighted by Gasteiger charge is -2.39. The van der Waals surface area contributed by atoms with Crippen LogP contribution in [-0.4, -0.2) is 55.0 Å². The smallest absolute Gasteiger partial charge is 0.225 e. The van der Waals surface area contributed by atoms with Gasteiger partial charge in [0.25, 0.3) is 0 Å². The van der Waals surface area contributed by atoms with Crippen LogP contribution in [0.4, 0.5) is 10.1 Å². The molecule has 1 amide bonds. The number of anilines is 1. The minimum absolute atomic E-state index is 0.0746. The van der Waals surface area contributed by atoms with Crippen molar-refractivity contribution in [2.45, 2.75) is 19.4 Å². The number of hydrogen-bond acceptors (Lipinski definition) is 3. The van der Waals surface area contributed by atoms with Crippen LogP contribution < -0.4 is 4.90 Å². The average Bonchev–Trinajstić information content (AvgIpc) is 2.77. The van der Waals surface area contributed by atoms with Crippen LogP contribution in [0.2, 0.25) is 5.02 Å². The molecule has 0 saturated carbocycles. The maximum atomic E-state index is 14.0. The molecule has 29 heavy (non-hydrogen) atoms. The van der Waals surface area contributed by atoms with Crippen molar-refractivity contribution in [3.63, 3.8) is 0 Å². The fourth-order valence-corrected chi connectivity index (χ4v) is 4.55. The SMILES string of the molecule is O=C(C1CCN(Cc2c(F)cccc2Cl)CC1)N1CCN(c2ccccc2)CC1. The second-order valence-electron chi connectivity index (χ2n) is 7.90. The molecular formula is C23H27ClFN3O. The summed E-state index contributed by atoms with van der Waals surface area (Å²) in [5.41, 5.74) is 1.77. The Morgan fingerprint density at radius 1 is 0.931 bits per heavy atom. The molecule has 0 atom stereocenters. The number of piperazine rings is 1. The van der Waals surface area contributed by atoms with Gasteiger partial charge in [-0.2, -0.15) is 0 Å². The molecule has 2 fully saturated rings.